The number of hydrogen-bond acceptors (Lipinski definition) is 5. The number of benzene rings is 1. The van der Waals surface area contributed by atoms with Gasteiger partial charge in [0.15, 0.2) is 11.5 Å². The van der Waals surface area contributed by atoms with Crippen LogP contribution in [0.4, 0.5) is 0 Å². The van der Waals surface area contributed by atoms with Crippen LogP contribution < -0.4 is 21.5 Å². The zero-order valence-corrected chi connectivity index (χ0v) is 10.9. The Hall–Kier alpha value is -1.30. The molecule has 18 heavy (non-hydrogen) atoms. The average Bonchev–Trinajstić information content (AvgIpc) is 2.39. The molecule has 102 valence electrons. The monoisotopic (exact) mass is 253 g/mol. The zero-order valence-electron chi connectivity index (χ0n) is 10.9. The largest absolute Gasteiger partial charge is 0.504 e. The van der Waals surface area contributed by atoms with Gasteiger partial charge in [0.05, 0.1) is 7.11 Å². The van der Waals surface area contributed by atoms with Gasteiger partial charge >= 0.3 is 0 Å². The van der Waals surface area contributed by atoms with Crippen LogP contribution >= 0.6 is 0 Å². The van der Waals surface area contributed by atoms with Gasteiger partial charge in [0.25, 0.3) is 0 Å². The standard InChI is InChI=1S/C13H23N3O2/c1-18-12-6-2-4-10(13(12)17)9-16-7-3-5-11(15)8-14/h2,4,6,11,16-17H,3,5,7-9,14-15H2,1H3. The Bertz CT molecular complexity index is 358. The lowest BCUT2D eigenvalue weighted by Crippen LogP contribution is -2.30. The Labute approximate surface area is 108 Å². The molecular weight excluding hydrogens is 230 g/mol. The first-order chi connectivity index (χ1) is 8.69. The van der Waals surface area contributed by atoms with Crippen LogP contribution in [0.2, 0.25) is 0 Å². The maximum atomic E-state index is 9.87. The van der Waals surface area contributed by atoms with Crippen LogP contribution in [0.25, 0.3) is 0 Å². The van der Waals surface area contributed by atoms with Crippen molar-refractivity contribution in [3.63, 3.8) is 0 Å². The minimum absolute atomic E-state index is 0.0806. The summed E-state index contributed by atoms with van der Waals surface area (Å²) < 4.78 is 5.05. The highest BCUT2D eigenvalue weighted by Gasteiger charge is 2.06. The van der Waals surface area contributed by atoms with Crippen LogP contribution in [0, 0.1) is 0 Å². The van der Waals surface area contributed by atoms with Gasteiger partial charge in [-0.1, -0.05) is 12.1 Å². The summed E-state index contributed by atoms with van der Waals surface area (Å²) in [6, 6.07) is 5.55. The quantitative estimate of drug-likeness (QED) is 0.508. The van der Waals surface area contributed by atoms with Gasteiger partial charge in [-0.2, -0.15) is 0 Å². The number of aromatic hydroxyl groups is 1. The Morgan fingerprint density at radius 2 is 2.22 bits per heavy atom. The smallest absolute Gasteiger partial charge is 0.162 e. The second kappa shape index (κ2) is 7.92. The molecule has 1 aromatic rings. The van der Waals surface area contributed by atoms with E-state index in [0.29, 0.717) is 18.8 Å². The van der Waals surface area contributed by atoms with E-state index in [1.165, 1.54) is 0 Å². The van der Waals surface area contributed by atoms with Gasteiger partial charge in [-0.25, -0.2) is 0 Å². The Morgan fingerprint density at radius 3 is 2.89 bits per heavy atom. The van der Waals surface area contributed by atoms with Crippen molar-refractivity contribution in [3.8, 4) is 11.5 Å². The van der Waals surface area contributed by atoms with Crippen LogP contribution in [0.3, 0.4) is 0 Å². The number of phenolic OH excluding ortho intramolecular Hbond substituents is 1. The molecule has 0 aliphatic rings. The third kappa shape index (κ3) is 4.52. The van der Waals surface area contributed by atoms with Crippen molar-refractivity contribution in [2.45, 2.75) is 25.4 Å². The molecule has 0 bridgehead atoms. The third-order valence-corrected chi connectivity index (χ3v) is 2.85. The lowest BCUT2D eigenvalue weighted by atomic mass is 10.1. The summed E-state index contributed by atoms with van der Waals surface area (Å²) in [5.41, 5.74) is 12.0. The first-order valence-corrected chi connectivity index (χ1v) is 6.20. The minimum atomic E-state index is 0.0806. The highest BCUT2D eigenvalue weighted by Crippen LogP contribution is 2.28. The predicted molar refractivity (Wildman–Crippen MR) is 72.6 cm³/mol. The molecule has 0 saturated carbocycles. The van der Waals surface area contributed by atoms with Gasteiger partial charge in [0.2, 0.25) is 0 Å². The van der Waals surface area contributed by atoms with Gasteiger partial charge < -0.3 is 26.6 Å². The maximum absolute atomic E-state index is 9.87. The second-order valence-corrected chi connectivity index (χ2v) is 4.28. The minimum Gasteiger partial charge on any atom is -0.504 e. The molecule has 0 aliphatic carbocycles. The summed E-state index contributed by atoms with van der Waals surface area (Å²) in [5, 5.41) is 13.1. The average molecular weight is 253 g/mol. The van der Waals surface area contributed by atoms with E-state index in [2.05, 4.69) is 5.32 Å². The second-order valence-electron chi connectivity index (χ2n) is 4.28. The van der Waals surface area contributed by atoms with E-state index in [1.54, 1.807) is 13.2 Å². The molecule has 1 aromatic carbocycles. The molecule has 5 heteroatoms. The van der Waals surface area contributed by atoms with Crippen molar-refractivity contribution in [2.75, 3.05) is 20.2 Å². The molecule has 1 unspecified atom stereocenters. The van der Waals surface area contributed by atoms with Gasteiger partial charge in [-0.15, -0.1) is 0 Å². The lowest BCUT2D eigenvalue weighted by molar-refractivity contribution is 0.369. The van der Waals surface area contributed by atoms with Crippen molar-refractivity contribution in [1.29, 1.82) is 0 Å². The van der Waals surface area contributed by atoms with E-state index in [9.17, 15) is 5.11 Å². The van der Waals surface area contributed by atoms with Crippen LogP contribution in [0.5, 0.6) is 11.5 Å². The molecule has 0 aliphatic heterocycles. The fourth-order valence-electron chi connectivity index (χ4n) is 1.71. The SMILES string of the molecule is COc1cccc(CNCCCC(N)CN)c1O. The number of methoxy groups -OCH3 is 1. The van der Waals surface area contributed by atoms with E-state index in [-0.39, 0.29) is 11.8 Å². The molecule has 1 atom stereocenters. The molecule has 0 heterocycles. The Balaban J connectivity index is 2.31. The number of hydrogen-bond donors (Lipinski definition) is 4. The molecule has 0 aromatic heterocycles. The van der Waals surface area contributed by atoms with E-state index >= 15 is 0 Å². The number of nitrogens with one attached hydrogen (secondary N) is 1. The molecule has 1 rings (SSSR count). The summed E-state index contributed by atoms with van der Waals surface area (Å²) in [6.07, 6.45) is 1.89. The predicted octanol–water partition coefficient (Wildman–Crippen LogP) is 0.557. The molecular formula is C13H23N3O2. The third-order valence-electron chi connectivity index (χ3n) is 2.85. The molecule has 5 nitrogen and oxygen atoms in total. The first kappa shape index (κ1) is 14.8. The molecule has 0 fully saturated rings. The van der Waals surface area contributed by atoms with Crippen molar-refractivity contribution in [2.24, 2.45) is 11.5 Å². The van der Waals surface area contributed by atoms with Crippen molar-refractivity contribution in [1.82, 2.24) is 5.32 Å². The fraction of sp³-hybridized carbons (Fsp3) is 0.538. The zero-order chi connectivity index (χ0) is 13.4. The normalized spacial score (nSPS) is 12.4. The number of rotatable bonds is 8. The van der Waals surface area contributed by atoms with E-state index in [0.717, 1.165) is 24.9 Å². The number of phenols is 1. The maximum Gasteiger partial charge on any atom is 0.162 e. The van der Waals surface area contributed by atoms with E-state index in [1.807, 2.05) is 12.1 Å². The summed E-state index contributed by atoms with van der Waals surface area (Å²) in [7, 11) is 1.54. The molecule has 0 radical (unpaired) electrons. The topological polar surface area (TPSA) is 93.5 Å². The lowest BCUT2D eigenvalue weighted by Gasteiger charge is -2.11. The summed E-state index contributed by atoms with van der Waals surface area (Å²) >= 11 is 0. The Kier molecular flexibility index (Phi) is 6.49. The van der Waals surface area contributed by atoms with Gasteiger partial charge in [0, 0.05) is 24.7 Å². The number of para-hydroxylation sites is 1. The van der Waals surface area contributed by atoms with Crippen LogP contribution in [0.15, 0.2) is 18.2 Å². The summed E-state index contributed by atoms with van der Waals surface area (Å²) in [5.74, 6) is 0.700. The van der Waals surface area contributed by atoms with Crippen LogP contribution in [0.1, 0.15) is 18.4 Å². The van der Waals surface area contributed by atoms with Crippen LogP contribution in [-0.2, 0) is 6.54 Å². The van der Waals surface area contributed by atoms with E-state index in [4.69, 9.17) is 16.2 Å². The molecule has 6 N–H and O–H groups in total. The highest BCUT2D eigenvalue weighted by atomic mass is 16.5. The van der Waals surface area contributed by atoms with Crippen molar-refractivity contribution >= 4 is 0 Å². The van der Waals surface area contributed by atoms with E-state index < -0.39 is 0 Å². The summed E-state index contributed by atoms with van der Waals surface area (Å²) in [6.45, 7) is 1.99. The highest BCUT2D eigenvalue weighted by molar-refractivity contribution is 5.45. The van der Waals surface area contributed by atoms with Gasteiger partial charge in [-0.3, -0.25) is 0 Å². The van der Waals surface area contributed by atoms with Gasteiger partial charge in [0.1, 0.15) is 0 Å². The summed E-state index contributed by atoms with van der Waals surface area (Å²) in [4.78, 5) is 0. The molecule has 0 saturated heterocycles. The number of ether oxygens (including phenoxy) is 1. The molecule has 0 amide bonds. The fourth-order valence-corrected chi connectivity index (χ4v) is 1.71. The van der Waals surface area contributed by atoms with Crippen molar-refractivity contribution in [3.05, 3.63) is 23.8 Å². The molecule has 0 spiro atoms. The van der Waals surface area contributed by atoms with Gasteiger partial charge in [-0.05, 0) is 25.5 Å². The van der Waals surface area contributed by atoms with Crippen molar-refractivity contribution < 1.29 is 9.84 Å². The number of nitrogens with two attached hydrogens (primary N) is 2. The first-order valence-electron chi connectivity index (χ1n) is 6.20. The van der Waals surface area contributed by atoms with Crippen LogP contribution in [-0.4, -0.2) is 31.3 Å². The Morgan fingerprint density at radius 1 is 1.44 bits per heavy atom.